The van der Waals surface area contributed by atoms with Gasteiger partial charge in [-0.25, -0.2) is 0 Å². The van der Waals surface area contributed by atoms with E-state index in [2.05, 4.69) is 46.6 Å². The second-order valence-corrected chi connectivity index (χ2v) is 12.3. The Labute approximate surface area is 65.2 Å². The van der Waals surface area contributed by atoms with Crippen molar-refractivity contribution < 1.29 is 0 Å². The Bertz CT molecular complexity index is 162. The van der Waals surface area contributed by atoms with Crippen molar-refractivity contribution in [2.75, 3.05) is 0 Å². The van der Waals surface area contributed by atoms with E-state index in [9.17, 15) is 0 Å². The SMILES string of the molecule is C[Si](C)(Br)C1=CC=CC1. The second-order valence-electron chi connectivity index (χ2n) is 2.80. The highest BCUT2D eigenvalue weighted by molar-refractivity contribution is 9.26. The Morgan fingerprint density at radius 2 is 2.22 bits per heavy atom. The minimum Gasteiger partial charge on any atom is -0.121 e. The summed E-state index contributed by atoms with van der Waals surface area (Å²) in [6, 6.07) is 0. The van der Waals surface area contributed by atoms with E-state index in [-0.39, 0.29) is 0 Å². The van der Waals surface area contributed by atoms with Crippen molar-refractivity contribution in [2.45, 2.75) is 19.5 Å². The van der Waals surface area contributed by atoms with Crippen LogP contribution in [0.3, 0.4) is 0 Å². The van der Waals surface area contributed by atoms with Gasteiger partial charge in [0, 0.05) is 0 Å². The summed E-state index contributed by atoms with van der Waals surface area (Å²) < 4.78 is 0. The molecule has 50 valence electrons. The fraction of sp³-hybridized carbons (Fsp3) is 0.429. The van der Waals surface area contributed by atoms with Crippen LogP contribution in [0.1, 0.15) is 6.42 Å². The van der Waals surface area contributed by atoms with Gasteiger partial charge in [0.2, 0.25) is 0 Å². The average molecular weight is 203 g/mol. The molecule has 9 heavy (non-hydrogen) atoms. The van der Waals surface area contributed by atoms with Gasteiger partial charge in [-0.3, -0.25) is 0 Å². The maximum absolute atomic E-state index is 3.74. The van der Waals surface area contributed by atoms with E-state index in [1.54, 1.807) is 5.20 Å². The Balaban J connectivity index is 2.66. The van der Waals surface area contributed by atoms with Crippen LogP contribution in [0.25, 0.3) is 0 Å². The molecule has 2 heteroatoms. The van der Waals surface area contributed by atoms with Crippen LogP contribution in [0.2, 0.25) is 13.1 Å². The second kappa shape index (κ2) is 2.43. The molecular formula is C7H11BrSi. The lowest BCUT2D eigenvalue weighted by molar-refractivity contribution is 1.38. The first-order valence-corrected chi connectivity index (χ1v) is 8.41. The number of hydrogen-bond donors (Lipinski definition) is 0. The van der Waals surface area contributed by atoms with Gasteiger partial charge in [0.05, 0.1) is 0 Å². The van der Waals surface area contributed by atoms with Crippen LogP contribution in [0.15, 0.2) is 23.4 Å². The van der Waals surface area contributed by atoms with Crippen molar-refractivity contribution in [1.82, 2.24) is 0 Å². The zero-order chi connectivity index (χ0) is 6.91. The first-order valence-electron chi connectivity index (χ1n) is 3.16. The molecule has 0 aliphatic heterocycles. The van der Waals surface area contributed by atoms with Gasteiger partial charge in [-0.15, -0.1) is 15.3 Å². The van der Waals surface area contributed by atoms with Crippen molar-refractivity contribution in [3.63, 3.8) is 0 Å². The summed E-state index contributed by atoms with van der Waals surface area (Å²) in [5, 5.41) is 1.60. The van der Waals surface area contributed by atoms with E-state index in [4.69, 9.17) is 0 Å². The summed E-state index contributed by atoms with van der Waals surface area (Å²) in [4.78, 5) is 0. The van der Waals surface area contributed by atoms with Crippen molar-refractivity contribution in [3.05, 3.63) is 23.4 Å². The Morgan fingerprint density at radius 1 is 1.56 bits per heavy atom. The molecule has 0 radical (unpaired) electrons. The highest BCUT2D eigenvalue weighted by atomic mass is 79.9. The van der Waals surface area contributed by atoms with E-state index in [1.807, 2.05) is 0 Å². The molecule has 0 aromatic rings. The lowest BCUT2D eigenvalue weighted by Crippen LogP contribution is -2.18. The highest BCUT2D eigenvalue weighted by Crippen LogP contribution is 2.27. The van der Waals surface area contributed by atoms with Crippen LogP contribution >= 0.6 is 15.3 Å². The number of halogens is 1. The van der Waals surface area contributed by atoms with E-state index >= 15 is 0 Å². The molecule has 0 nitrogen and oxygen atoms in total. The Kier molecular flexibility index (Phi) is 1.96. The largest absolute Gasteiger partial charge is 0.150 e. The molecule has 0 saturated heterocycles. The van der Waals surface area contributed by atoms with Gasteiger partial charge < -0.3 is 0 Å². The summed E-state index contributed by atoms with van der Waals surface area (Å²) >= 11 is 3.74. The zero-order valence-electron chi connectivity index (χ0n) is 5.82. The molecular weight excluding hydrogens is 192 g/mol. The number of hydrogen-bond acceptors (Lipinski definition) is 0. The van der Waals surface area contributed by atoms with Crippen molar-refractivity contribution in [1.29, 1.82) is 0 Å². The van der Waals surface area contributed by atoms with Gasteiger partial charge in [0.1, 0.15) is 0 Å². The van der Waals surface area contributed by atoms with Crippen LogP contribution in [-0.2, 0) is 0 Å². The monoisotopic (exact) mass is 202 g/mol. The molecule has 0 amide bonds. The third-order valence-electron chi connectivity index (χ3n) is 1.53. The van der Waals surface area contributed by atoms with E-state index in [0.29, 0.717) is 0 Å². The molecule has 0 N–H and O–H groups in total. The molecule has 0 aromatic carbocycles. The highest BCUT2D eigenvalue weighted by Gasteiger charge is 2.21. The zero-order valence-corrected chi connectivity index (χ0v) is 8.40. The molecule has 0 heterocycles. The molecule has 0 fully saturated rings. The normalized spacial score (nSPS) is 18.3. The smallest absolute Gasteiger partial charge is 0.121 e. The van der Waals surface area contributed by atoms with Gasteiger partial charge >= 0.3 is 0 Å². The topological polar surface area (TPSA) is 0 Å². The van der Waals surface area contributed by atoms with Gasteiger partial charge in [0.15, 0.2) is 6.69 Å². The van der Waals surface area contributed by atoms with Crippen molar-refractivity contribution >= 4 is 22.0 Å². The third kappa shape index (κ3) is 1.80. The van der Waals surface area contributed by atoms with Gasteiger partial charge in [-0.2, -0.15) is 0 Å². The summed E-state index contributed by atoms with van der Waals surface area (Å²) in [6.07, 6.45) is 7.77. The Morgan fingerprint density at radius 3 is 2.44 bits per heavy atom. The predicted octanol–water partition coefficient (Wildman–Crippen LogP) is 3.01. The molecule has 1 aliphatic carbocycles. The average Bonchev–Trinajstić information content (AvgIpc) is 2.08. The predicted molar refractivity (Wildman–Crippen MR) is 48.2 cm³/mol. The van der Waals surface area contributed by atoms with Crippen molar-refractivity contribution in [3.8, 4) is 0 Å². The van der Waals surface area contributed by atoms with Crippen LogP contribution in [0, 0.1) is 0 Å². The van der Waals surface area contributed by atoms with Crippen LogP contribution in [-0.4, -0.2) is 6.69 Å². The third-order valence-corrected chi connectivity index (χ3v) is 4.96. The summed E-state index contributed by atoms with van der Waals surface area (Å²) in [7, 11) is 0. The molecule has 1 aliphatic rings. The molecule has 1 rings (SSSR count). The first kappa shape index (κ1) is 7.29. The number of rotatable bonds is 1. The maximum Gasteiger partial charge on any atom is 0.150 e. The van der Waals surface area contributed by atoms with Crippen LogP contribution in [0.4, 0.5) is 0 Å². The Hall–Kier alpha value is 0.177. The summed E-state index contributed by atoms with van der Waals surface area (Å²) in [6.45, 7) is 3.51. The fourth-order valence-corrected chi connectivity index (χ4v) is 2.87. The molecule has 0 bridgehead atoms. The lowest BCUT2D eigenvalue weighted by Gasteiger charge is -2.14. The van der Waals surface area contributed by atoms with Crippen LogP contribution in [0.5, 0.6) is 0 Å². The molecule has 0 saturated carbocycles. The fourth-order valence-electron chi connectivity index (χ4n) is 0.888. The summed E-state index contributed by atoms with van der Waals surface area (Å²) in [5.41, 5.74) is 0. The quantitative estimate of drug-likeness (QED) is 0.454. The minimum atomic E-state index is -1.11. The van der Waals surface area contributed by atoms with Crippen molar-refractivity contribution in [2.24, 2.45) is 0 Å². The molecule has 0 atom stereocenters. The van der Waals surface area contributed by atoms with E-state index < -0.39 is 6.69 Å². The van der Waals surface area contributed by atoms with Gasteiger partial charge in [-0.05, 0) is 6.42 Å². The lowest BCUT2D eigenvalue weighted by atomic mass is 10.5. The first-order chi connectivity index (χ1) is 4.11. The molecule has 0 spiro atoms. The van der Waals surface area contributed by atoms with E-state index in [1.165, 1.54) is 6.42 Å². The minimum absolute atomic E-state index is 1.11. The molecule has 0 unspecified atom stereocenters. The van der Waals surface area contributed by atoms with E-state index in [0.717, 1.165) is 0 Å². The standard InChI is InChI=1S/C7H11BrSi/c1-9(2,8)7-5-3-4-6-7/h3-5H,6H2,1-2H3. The number of allylic oxidation sites excluding steroid dienone is 4. The van der Waals surface area contributed by atoms with Gasteiger partial charge in [-0.1, -0.05) is 36.5 Å². The maximum atomic E-state index is 3.74. The van der Waals surface area contributed by atoms with Crippen LogP contribution < -0.4 is 0 Å². The molecule has 0 aromatic heterocycles. The van der Waals surface area contributed by atoms with Gasteiger partial charge in [0.25, 0.3) is 0 Å². The summed E-state index contributed by atoms with van der Waals surface area (Å²) in [5.74, 6) is 0.